The summed E-state index contributed by atoms with van der Waals surface area (Å²) in [6.07, 6.45) is 1.36. The predicted molar refractivity (Wildman–Crippen MR) is 81.2 cm³/mol. The van der Waals surface area contributed by atoms with Gasteiger partial charge in [-0.3, -0.25) is 0 Å². The summed E-state index contributed by atoms with van der Waals surface area (Å²) in [5, 5.41) is 0. The summed E-state index contributed by atoms with van der Waals surface area (Å²) in [6, 6.07) is 8.40. The molecular formula is C13H18BrIO. The number of hydrogen-bond acceptors (Lipinski definition) is 1. The summed E-state index contributed by atoms with van der Waals surface area (Å²) in [7, 11) is 0. The van der Waals surface area contributed by atoms with E-state index in [2.05, 4.69) is 76.6 Å². The van der Waals surface area contributed by atoms with Crippen LogP contribution >= 0.6 is 38.5 Å². The Balaban J connectivity index is 2.50. The van der Waals surface area contributed by atoms with Gasteiger partial charge < -0.3 is 4.74 Å². The molecule has 3 heteroatoms. The molecule has 0 aliphatic rings. The Labute approximate surface area is 120 Å². The van der Waals surface area contributed by atoms with E-state index >= 15 is 0 Å². The van der Waals surface area contributed by atoms with Crippen LogP contribution in [0.2, 0.25) is 0 Å². The van der Waals surface area contributed by atoms with E-state index in [4.69, 9.17) is 4.74 Å². The molecule has 1 aromatic rings. The van der Waals surface area contributed by atoms with Gasteiger partial charge in [-0.25, -0.2) is 0 Å². The fourth-order valence-electron chi connectivity index (χ4n) is 1.35. The van der Waals surface area contributed by atoms with Crippen LogP contribution < -0.4 is 0 Å². The van der Waals surface area contributed by atoms with Crippen LogP contribution in [0.25, 0.3) is 0 Å². The molecule has 0 bridgehead atoms. The minimum atomic E-state index is 0.229. The van der Waals surface area contributed by atoms with E-state index in [1.54, 1.807) is 0 Å². The van der Waals surface area contributed by atoms with Crippen molar-refractivity contribution in [2.24, 2.45) is 5.92 Å². The summed E-state index contributed by atoms with van der Waals surface area (Å²) < 4.78 is 8.02. The van der Waals surface area contributed by atoms with E-state index < -0.39 is 0 Å². The number of ether oxygens (including phenoxy) is 1. The van der Waals surface area contributed by atoms with Crippen molar-refractivity contribution in [3.63, 3.8) is 0 Å². The molecule has 1 nitrogen and oxygen atoms in total. The van der Waals surface area contributed by atoms with E-state index in [9.17, 15) is 0 Å². The van der Waals surface area contributed by atoms with Gasteiger partial charge in [0.2, 0.25) is 0 Å². The molecule has 0 amide bonds. The van der Waals surface area contributed by atoms with Crippen molar-refractivity contribution in [1.29, 1.82) is 0 Å². The highest BCUT2D eigenvalue weighted by Gasteiger charge is 2.10. The van der Waals surface area contributed by atoms with E-state index in [1.807, 2.05) is 0 Å². The van der Waals surface area contributed by atoms with Gasteiger partial charge in [0.1, 0.15) is 0 Å². The maximum atomic E-state index is 5.91. The summed E-state index contributed by atoms with van der Waals surface area (Å²) in [6.45, 7) is 5.30. The monoisotopic (exact) mass is 396 g/mol. The van der Waals surface area contributed by atoms with Gasteiger partial charge in [0.05, 0.1) is 6.10 Å². The molecule has 0 saturated heterocycles. The maximum Gasteiger partial charge on any atom is 0.0914 e. The van der Waals surface area contributed by atoms with Crippen molar-refractivity contribution >= 4 is 38.5 Å². The zero-order valence-corrected chi connectivity index (χ0v) is 13.5. The van der Waals surface area contributed by atoms with Crippen LogP contribution in [-0.4, -0.2) is 11.0 Å². The van der Waals surface area contributed by atoms with Crippen molar-refractivity contribution in [3.05, 3.63) is 34.3 Å². The van der Waals surface area contributed by atoms with Crippen molar-refractivity contribution in [3.8, 4) is 0 Å². The standard InChI is InChI=1S/C13H18BrIO/c1-10(2)7-8-16-13(9-15)11-3-5-12(14)6-4-11/h3-6,10,13H,7-9H2,1-2H3. The van der Waals surface area contributed by atoms with Crippen LogP contribution in [0.3, 0.4) is 0 Å². The van der Waals surface area contributed by atoms with Crippen molar-refractivity contribution < 1.29 is 4.74 Å². The van der Waals surface area contributed by atoms with Crippen LogP contribution in [0.4, 0.5) is 0 Å². The highest BCUT2D eigenvalue weighted by molar-refractivity contribution is 14.1. The predicted octanol–water partition coefficient (Wildman–Crippen LogP) is 4.99. The minimum absolute atomic E-state index is 0.229. The van der Waals surface area contributed by atoms with E-state index in [1.165, 1.54) is 5.56 Å². The van der Waals surface area contributed by atoms with Gasteiger partial charge in [0.25, 0.3) is 0 Å². The Hall–Kier alpha value is 0.390. The maximum absolute atomic E-state index is 5.91. The number of alkyl halides is 1. The summed E-state index contributed by atoms with van der Waals surface area (Å²) in [5.74, 6) is 0.708. The van der Waals surface area contributed by atoms with Crippen LogP contribution in [0.1, 0.15) is 31.9 Å². The average Bonchev–Trinajstić information content (AvgIpc) is 2.26. The largest absolute Gasteiger partial charge is 0.373 e. The first-order chi connectivity index (χ1) is 7.63. The molecule has 0 aromatic heterocycles. The molecule has 0 aliphatic carbocycles. The van der Waals surface area contributed by atoms with Gasteiger partial charge in [-0.15, -0.1) is 0 Å². The lowest BCUT2D eigenvalue weighted by Gasteiger charge is -2.16. The Kier molecular flexibility index (Phi) is 6.92. The quantitative estimate of drug-likeness (QED) is 0.486. The third kappa shape index (κ3) is 5.15. The van der Waals surface area contributed by atoms with Crippen LogP contribution in [0.5, 0.6) is 0 Å². The third-order valence-corrected chi connectivity index (χ3v) is 3.72. The summed E-state index contributed by atoms with van der Waals surface area (Å²) in [5.41, 5.74) is 1.27. The Morgan fingerprint density at radius 2 is 1.88 bits per heavy atom. The molecule has 0 saturated carbocycles. The van der Waals surface area contributed by atoms with Gasteiger partial charge >= 0.3 is 0 Å². The minimum Gasteiger partial charge on any atom is -0.373 e. The molecule has 1 rings (SSSR count). The van der Waals surface area contributed by atoms with Gasteiger partial charge in [-0.05, 0) is 30.0 Å². The highest BCUT2D eigenvalue weighted by Crippen LogP contribution is 2.22. The number of rotatable bonds is 6. The second-order valence-electron chi connectivity index (χ2n) is 4.25. The molecule has 90 valence electrons. The molecule has 0 heterocycles. The Morgan fingerprint density at radius 3 is 2.38 bits per heavy atom. The van der Waals surface area contributed by atoms with Crippen LogP contribution in [0, 0.1) is 5.92 Å². The van der Waals surface area contributed by atoms with E-state index in [-0.39, 0.29) is 6.10 Å². The van der Waals surface area contributed by atoms with E-state index in [0.717, 1.165) is 21.9 Å². The molecule has 1 unspecified atom stereocenters. The highest BCUT2D eigenvalue weighted by atomic mass is 127. The van der Waals surface area contributed by atoms with Gasteiger partial charge in [-0.1, -0.05) is 64.5 Å². The molecular weight excluding hydrogens is 379 g/mol. The molecule has 16 heavy (non-hydrogen) atoms. The molecule has 0 aliphatic heterocycles. The Morgan fingerprint density at radius 1 is 1.25 bits per heavy atom. The fraction of sp³-hybridized carbons (Fsp3) is 0.538. The van der Waals surface area contributed by atoms with Crippen molar-refractivity contribution in [1.82, 2.24) is 0 Å². The first-order valence-corrected chi connectivity index (χ1v) is 7.88. The third-order valence-electron chi connectivity index (χ3n) is 2.40. The normalized spacial score (nSPS) is 13.1. The average molecular weight is 397 g/mol. The first kappa shape index (κ1) is 14.5. The fourth-order valence-corrected chi connectivity index (χ4v) is 2.38. The molecule has 1 aromatic carbocycles. The molecule has 0 fully saturated rings. The topological polar surface area (TPSA) is 9.23 Å². The van der Waals surface area contributed by atoms with Gasteiger partial charge in [0.15, 0.2) is 0 Å². The first-order valence-electron chi connectivity index (χ1n) is 5.56. The van der Waals surface area contributed by atoms with Crippen molar-refractivity contribution in [2.45, 2.75) is 26.4 Å². The lowest BCUT2D eigenvalue weighted by atomic mass is 10.1. The van der Waals surface area contributed by atoms with Crippen LogP contribution in [-0.2, 0) is 4.74 Å². The van der Waals surface area contributed by atoms with E-state index in [0.29, 0.717) is 5.92 Å². The molecule has 0 N–H and O–H groups in total. The lowest BCUT2D eigenvalue weighted by Crippen LogP contribution is -2.08. The zero-order valence-electron chi connectivity index (χ0n) is 9.75. The second-order valence-corrected chi connectivity index (χ2v) is 6.04. The SMILES string of the molecule is CC(C)CCOC(CI)c1ccc(Br)cc1. The summed E-state index contributed by atoms with van der Waals surface area (Å²) in [4.78, 5) is 0. The number of hydrogen-bond donors (Lipinski definition) is 0. The lowest BCUT2D eigenvalue weighted by molar-refractivity contribution is 0.0633. The molecule has 0 radical (unpaired) electrons. The zero-order chi connectivity index (χ0) is 12.0. The van der Waals surface area contributed by atoms with Gasteiger partial charge in [-0.2, -0.15) is 0 Å². The Bertz CT molecular complexity index is 297. The number of benzene rings is 1. The van der Waals surface area contributed by atoms with Crippen molar-refractivity contribution in [2.75, 3.05) is 11.0 Å². The molecule has 0 spiro atoms. The smallest absolute Gasteiger partial charge is 0.0914 e. The second kappa shape index (κ2) is 7.67. The van der Waals surface area contributed by atoms with Gasteiger partial charge in [0, 0.05) is 15.5 Å². The number of halogens is 2. The van der Waals surface area contributed by atoms with Crippen LogP contribution in [0.15, 0.2) is 28.7 Å². The summed E-state index contributed by atoms with van der Waals surface area (Å²) >= 11 is 5.83. The molecule has 1 atom stereocenters.